The summed E-state index contributed by atoms with van der Waals surface area (Å²) in [6.45, 7) is 3.34. The topological polar surface area (TPSA) is 38.0 Å². The maximum Gasteiger partial charge on any atom is -0.00201 e. The lowest BCUT2D eigenvalue weighted by Crippen LogP contribution is -2.39. The molecule has 2 nitrogen and oxygen atoms in total. The van der Waals surface area contributed by atoms with Gasteiger partial charge in [0.1, 0.15) is 0 Å². The molecule has 0 saturated heterocycles. The molecule has 0 aliphatic heterocycles. The van der Waals surface area contributed by atoms with E-state index in [-0.39, 0.29) is 0 Å². The molecule has 0 unspecified atom stereocenters. The summed E-state index contributed by atoms with van der Waals surface area (Å²) in [5.74, 6) is 1.01. The second kappa shape index (κ2) is 3.97. The summed E-state index contributed by atoms with van der Waals surface area (Å²) in [7, 11) is 0. The van der Waals surface area contributed by atoms with Crippen LogP contribution < -0.4 is 11.1 Å². The van der Waals surface area contributed by atoms with E-state index in [0.29, 0.717) is 5.41 Å². The monoisotopic (exact) mass is 182 g/mol. The number of nitrogens with one attached hydrogen (secondary N) is 1. The van der Waals surface area contributed by atoms with Crippen LogP contribution in [0.2, 0.25) is 0 Å². The average Bonchev–Trinajstić information content (AvgIpc) is 2.86. The smallest absolute Gasteiger partial charge is 0.00201 e. The maximum absolute atomic E-state index is 5.80. The van der Waals surface area contributed by atoms with Gasteiger partial charge in [-0.25, -0.2) is 0 Å². The summed E-state index contributed by atoms with van der Waals surface area (Å²) in [4.78, 5) is 0. The predicted molar refractivity (Wildman–Crippen MR) is 55.5 cm³/mol. The minimum Gasteiger partial charge on any atom is -0.330 e. The van der Waals surface area contributed by atoms with Crippen molar-refractivity contribution in [2.75, 3.05) is 19.6 Å². The molecule has 13 heavy (non-hydrogen) atoms. The molecule has 0 aromatic rings. The van der Waals surface area contributed by atoms with Gasteiger partial charge in [0.15, 0.2) is 0 Å². The molecule has 0 bridgehead atoms. The molecule has 2 heteroatoms. The standard InChI is InChI=1S/C11H22N2/c12-9-11(4-1-5-11)6-7-13-8-10-2-3-10/h10,13H,1-9,12H2. The van der Waals surface area contributed by atoms with Crippen LogP contribution in [0.4, 0.5) is 0 Å². The first kappa shape index (κ1) is 9.47. The van der Waals surface area contributed by atoms with Crippen LogP contribution in [0.1, 0.15) is 38.5 Å². The first-order valence-corrected chi connectivity index (χ1v) is 5.75. The minimum absolute atomic E-state index is 0.538. The van der Waals surface area contributed by atoms with E-state index in [1.807, 2.05) is 0 Å². The molecule has 0 aromatic carbocycles. The largest absolute Gasteiger partial charge is 0.330 e. The minimum atomic E-state index is 0.538. The summed E-state index contributed by atoms with van der Waals surface area (Å²) >= 11 is 0. The zero-order chi connectivity index (χ0) is 9.15. The van der Waals surface area contributed by atoms with Gasteiger partial charge in [0.25, 0.3) is 0 Å². The number of nitrogens with two attached hydrogens (primary N) is 1. The molecule has 0 amide bonds. The number of rotatable bonds is 6. The van der Waals surface area contributed by atoms with Gasteiger partial charge in [-0.3, -0.25) is 0 Å². The van der Waals surface area contributed by atoms with E-state index in [1.165, 1.54) is 51.6 Å². The summed E-state index contributed by atoms with van der Waals surface area (Å²) in [6.07, 6.45) is 8.35. The highest BCUT2D eigenvalue weighted by atomic mass is 14.9. The first-order valence-electron chi connectivity index (χ1n) is 5.75. The van der Waals surface area contributed by atoms with Crippen molar-refractivity contribution in [1.29, 1.82) is 0 Å². The number of hydrogen-bond acceptors (Lipinski definition) is 2. The van der Waals surface area contributed by atoms with E-state index < -0.39 is 0 Å². The van der Waals surface area contributed by atoms with Gasteiger partial charge in [0, 0.05) is 0 Å². The van der Waals surface area contributed by atoms with E-state index >= 15 is 0 Å². The van der Waals surface area contributed by atoms with Crippen LogP contribution in [0.5, 0.6) is 0 Å². The lowest BCUT2D eigenvalue weighted by atomic mass is 9.67. The third-order valence-electron chi connectivity index (χ3n) is 3.81. The molecule has 2 aliphatic carbocycles. The van der Waals surface area contributed by atoms with Gasteiger partial charge in [-0.1, -0.05) is 6.42 Å². The highest BCUT2D eigenvalue weighted by Gasteiger charge is 2.34. The highest BCUT2D eigenvalue weighted by molar-refractivity contribution is 4.89. The molecule has 76 valence electrons. The van der Waals surface area contributed by atoms with Gasteiger partial charge in [-0.05, 0) is 63.1 Å². The average molecular weight is 182 g/mol. The molecule has 0 atom stereocenters. The summed E-state index contributed by atoms with van der Waals surface area (Å²) in [5.41, 5.74) is 6.33. The van der Waals surface area contributed by atoms with Crippen LogP contribution in [-0.2, 0) is 0 Å². The Morgan fingerprint density at radius 1 is 1.31 bits per heavy atom. The van der Waals surface area contributed by atoms with Crippen LogP contribution in [0.3, 0.4) is 0 Å². The molecular formula is C11H22N2. The fraction of sp³-hybridized carbons (Fsp3) is 1.00. The second-order valence-corrected chi connectivity index (χ2v) is 4.96. The quantitative estimate of drug-likeness (QED) is 0.611. The van der Waals surface area contributed by atoms with E-state index in [2.05, 4.69) is 5.32 Å². The third-order valence-corrected chi connectivity index (χ3v) is 3.81. The molecular weight excluding hydrogens is 160 g/mol. The normalized spacial score (nSPS) is 25.6. The Bertz CT molecular complexity index is 154. The predicted octanol–water partition coefficient (Wildman–Crippen LogP) is 1.51. The van der Waals surface area contributed by atoms with E-state index in [9.17, 15) is 0 Å². The highest BCUT2D eigenvalue weighted by Crippen LogP contribution is 2.42. The van der Waals surface area contributed by atoms with Crippen LogP contribution in [-0.4, -0.2) is 19.6 Å². The molecule has 2 fully saturated rings. The Balaban J connectivity index is 1.54. The Morgan fingerprint density at radius 3 is 2.54 bits per heavy atom. The van der Waals surface area contributed by atoms with Crippen LogP contribution in [0.15, 0.2) is 0 Å². The van der Waals surface area contributed by atoms with Crippen LogP contribution in [0, 0.1) is 11.3 Å². The van der Waals surface area contributed by atoms with Crippen LogP contribution >= 0.6 is 0 Å². The lowest BCUT2D eigenvalue weighted by molar-refractivity contribution is 0.130. The summed E-state index contributed by atoms with van der Waals surface area (Å²) in [6, 6.07) is 0. The van der Waals surface area contributed by atoms with Gasteiger partial charge in [0.2, 0.25) is 0 Å². The molecule has 0 aromatic heterocycles. The molecule has 0 radical (unpaired) electrons. The van der Waals surface area contributed by atoms with E-state index in [1.54, 1.807) is 0 Å². The van der Waals surface area contributed by atoms with Crippen molar-refractivity contribution >= 4 is 0 Å². The van der Waals surface area contributed by atoms with Crippen molar-refractivity contribution in [3.63, 3.8) is 0 Å². The zero-order valence-electron chi connectivity index (χ0n) is 8.52. The molecule has 2 saturated carbocycles. The van der Waals surface area contributed by atoms with Crippen molar-refractivity contribution in [3.8, 4) is 0 Å². The maximum atomic E-state index is 5.80. The lowest BCUT2D eigenvalue weighted by Gasteiger charge is -2.41. The van der Waals surface area contributed by atoms with Crippen molar-refractivity contribution in [3.05, 3.63) is 0 Å². The molecule has 2 rings (SSSR count). The Hall–Kier alpha value is -0.0800. The Morgan fingerprint density at radius 2 is 2.08 bits per heavy atom. The first-order chi connectivity index (χ1) is 6.35. The van der Waals surface area contributed by atoms with Crippen LogP contribution in [0.25, 0.3) is 0 Å². The van der Waals surface area contributed by atoms with Crippen molar-refractivity contribution in [1.82, 2.24) is 5.32 Å². The van der Waals surface area contributed by atoms with E-state index in [4.69, 9.17) is 5.73 Å². The number of hydrogen-bond donors (Lipinski definition) is 2. The zero-order valence-corrected chi connectivity index (χ0v) is 8.52. The van der Waals surface area contributed by atoms with Gasteiger partial charge < -0.3 is 11.1 Å². The van der Waals surface area contributed by atoms with E-state index in [0.717, 1.165) is 12.5 Å². The van der Waals surface area contributed by atoms with Gasteiger partial charge in [0.05, 0.1) is 0 Å². The third kappa shape index (κ3) is 2.44. The summed E-state index contributed by atoms with van der Waals surface area (Å²) in [5, 5.41) is 3.55. The van der Waals surface area contributed by atoms with Gasteiger partial charge >= 0.3 is 0 Å². The SMILES string of the molecule is NCC1(CCNCC2CC2)CCC1. The Labute approximate surface area is 81.3 Å². The van der Waals surface area contributed by atoms with Crippen molar-refractivity contribution < 1.29 is 0 Å². The van der Waals surface area contributed by atoms with Crippen molar-refractivity contribution in [2.24, 2.45) is 17.1 Å². The second-order valence-electron chi connectivity index (χ2n) is 4.96. The fourth-order valence-electron chi connectivity index (χ4n) is 2.21. The molecule has 3 N–H and O–H groups in total. The van der Waals surface area contributed by atoms with Gasteiger partial charge in [-0.15, -0.1) is 0 Å². The molecule has 2 aliphatic rings. The van der Waals surface area contributed by atoms with Gasteiger partial charge in [-0.2, -0.15) is 0 Å². The van der Waals surface area contributed by atoms with Crippen molar-refractivity contribution in [2.45, 2.75) is 38.5 Å². The Kier molecular flexibility index (Phi) is 2.89. The molecule has 0 heterocycles. The fourth-order valence-corrected chi connectivity index (χ4v) is 2.21. The molecule has 0 spiro atoms. The summed E-state index contributed by atoms with van der Waals surface area (Å²) < 4.78 is 0.